The number of aliphatic carboxylic acids is 1. The molecule has 1 amide bonds. The van der Waals surface area contributed by atoms with Gasteiger partial charge in [-0.1, -0.05) is 33.1 Å². The average Bonchev–Trinajstić information content (AvgIpc) is 2.44. The molecule has 0 heterocycles. The van der Waals surface area contributed by atoms with E-state index in [1.54, 1.807) is 0 Å². The highest BCUT2D eigenvalue weighted by molar-refractivity contribution is 5.72. The summed E-state index contributed by atoms with van der Waals surface area (Å²) in [6.45, 7) is 4.68. The number of carbonyl (C=O) groups is 2. The molecule has 0 fully saturated rings. The smallest absolute Gasteiger partial charge is 0.407 e. The maximum absolute atomic E-state index is 11.6. The molecule has 1 unspecified atom stereocenters. The fourth-order valence-electron chi connectivity index (χ4n) is 2.01. The van der Waals surface area contributed by atoms with E-state index in [2.05, 4.69) is 19.2 Å². The van der Waals surface area contributed by atoms with Crippen molar-refractivity contribution in [2.24, 2.45) is 5.73 Å². The lowest BCUT2D eigenvalue weighted by Crippen LogP contribution is -2.31. The van der Waals surface area contributed by atoms with Crippen LogP contribution in [-0.2, 0) is 9.53 Å². The van der Waals surface area contributed by atoms with Crippen LogP contribution in [0.5, 0.6) is 0 Å². The third kappa shape index (κ3) is 11.1. The van der Waals surface area contributed by atoms with Gasteiger partial charge in [-0.05, 0) is 32.1 Å². The van der Waals surface area contributed by atoms with Crippen molar-refractivity contribution in [1.29, 1.82) is 0 Å². The van der Waals surface area contributed by atoms with Gasteiger partial charge in [-0.15, -0.1) is 0 Å². The van der Waals surface area contributed by atoms with Crippen LogP contribution in [0.25, 0.3) is 0 Å². The number of amides is 1. The van der Waals surface area contributed by atoms with Crippen molar-refractivity contribution in [3.8, 4) is 0 Å². The van der Waals surface area contributed by atoms with Crippen molar-refractivity contribution in [3.63, 3.8) is 0 Å². The summed E-state index contributed by atoms with van der Waals surface area (Å²) in [7, 11) is 0. The summed E-state index contributed by atoms with van der Waals surface area (Å²) in [6.07, 6.45) is 6.34. The van der Waals surface area contributed by atoms with Crippen LogP contribution in [0.1, 0.15) is 65.2 Å². The van der Waals surface area contributed by atoms with E-state index in [1.165, 1.54) is 0 Å². The third-order valence-corrected chi connectivity index (χ3v) is 3.29. The van der Waals surface area contributed by atoms with E-state index >= 15 is 0 Å². The minimum absolute atomic E-state index is 0.00428. The van der Waals surface area contributed by atoms with Crippen molar-refractivity contribution in [2.75, 3.05) is 6.54 Å². The molecule has 0 rings (SSSR count). The maximum atomic E-state index is 11.6. The van der Waals surface area contributed by atoms with E-state index in [0.29, 0.717) is 25.8 Å². The summed E-state index contributed by atoms with van der Waals surface area (Å²) in [6, 6.07) is -0.820. The van der Waals surface area contributed by atoms with Gasteiger partial charge in [-0.25, -0.2) is 4.79 Å². The molecule has 0 saturated carbocycles. The number of carboxylic acids is 1. The first kappa shape index (κ1) is 19.7. The molecule has 0 aromatic rings. The topological polar surface area (TPSA) is 102 Å². The van der Waals surface area contributed by atoms with Crippen LogP contribution in [0.4, 0.5) is 4.79 Å². The van der Waals surface area contributed by atoms with Gasteiger partial charge in [-0.3, -0.25) is 4.79 Å². The summed E-state index contributed by atoms with van der Waals surface area (Å²) in [5, 5.41) is 11.3. The summed E-state index contributed by atoms with van der Waals surface area (Å²) in [5.74, 6) is -0.985. The Morgan fingerprint density at radius 3 is 2.38 bits per heavy atom. The number of nitrogens with two attached hydrogens (primary N) is 1. The number of nitrogens with one attached hydrogen (secondary N) is 1. The molecular formula is C15H30N2O4. The average molecular weight is 302 g/mol. The van der Waals surface area contributed by atoms with Gasteiger partial charge in [0.05, 0.1) is 0 Å². The van der Waals surface area contributed by atoms with Gasteiger partial charge < -0.3 is 20.9 Å². The molecule has 0 aliphatic carbocycles. The number of hydrogen-bond donors (Lipinski definition) is 3. The van der Waals surface area contributed by atoms with Crippen LogP contribution in [0.2, 0.25) is 0 Å². The molecule has 0 aromatic heterocycles. The lowest BCUT2D eigenvalue weighted by molar-refractivity contribution is -0.138. The second-order valence-electron chi connectivity index (χ2n) is 5.33. The monoisotopic (exact) mass is 302 g/mol. The number of rotatable bonds is 12. The Morgan fingerprint density at radius 2 is 1.81 bits per heavy atom. The molecule has 0 bridgehead atoms. The SMILES string of the molecule is CCCCC(CCC)OC(=O)NCCCC[C@H](N)C(=O)O. The van der Waals surface area contributed by atoms with Crippen molar-refractivity contribution in [3.05, 3.63) is 0 Å². The maximum Gasteiger partial charge on any atom is 0.407 e. The first-order valence-corrected chi connectivity index (χ1v) is 7.94. The van der Waals surface area contributed by atoms with Crippen LogP contribution in [0, 0.1) is 0 Å². The number of ether oxygens (including phenoxy) is 1. The predicted molar refractivity (Wildman–Crippen MR) is 82.2 cm³/mol. The summed E-state index contributed by atoms with van der Waals surface area (Å²) in [5.41, 5.74) is 5.39. The molecule has 21 heavy (non-hydrogen) atoms. The van der Waals surface area contributed by atoms with E-state index in [-0.39, 0.29) is 12.2 Å². The number of carbonyl (C=O) groups excluding carboxylic acids is 1. The van der Waals surface area contributed by atoms with Gasteiger partial charge in [0.2, 0.25) is 0 Å². The second kappa shape index (κ2) is 12.4. The zero-order chi connectivity index (χ0) is 16.1. The van der Waals surface area contributed by atoms with Gasteiger partial charge in [0.25, 0.3) is 0 Å². The van der Waals surface area contributed by atoms with Gasteiger partial charge in [0, 0.05) is 6.54 Å². The Bertz CT molecular complexity index is 297. The van der Waals surface area contributed by atoms with Crippen LogP contribution < -0.4 is 11.1 Å². The highest BCUT2D eigenvalue weighted by Gasteiger charge is 2.13. The van der Waals surface area contributed by atoms with E-state index in [9.17, 15) is 9.59 Å². The van der Waals surface area contributed by atoms with E-state index in [4.69, 9.17) is 15.6 Å². The van der Waals surface area contributed by atoms with Gasteiger partial charge in [0.1, 0.15) is 12.1 Å². The molecule has 4 N–H and O–H groups in total. The predicted octanol–water partition coefficient (Wildman–Crippen LogP) is 2.65. The molecule has 0 radical (unpaired) electrons. The number of hydrogen-bond acceptors (Lipinski definition) is 4. The van der Waals surface area contributed by atoms with Crippen LogP contribution in [0.3, 0.4) is 0 Å². The fraction of sp³-hybridized carbons (Fsp3) is 0.867. The zero-order valence-electron chi connectivity index (χ0n) is 13.3. The Kier molecular flexibility index (Phi) is 11.7. The normalized spacial score (nSPS) is 13.5. The summed E-state index contributed by atoms with van der Waals surface area (Å²) < 4.78 is 5.39. The minimum atomic E-state index is -0.985. The van der Waals surface area contributed by atoms with Gasteiger partial charge >= 0.3 is 12.1 Å². The third-order valence-electron chi connectivity index (χ3n) is 3.29. The molecule has 6 nitrogen and oxygen atoms in total. The lowest BCUT2D eigenvalue weighted by Gasteiger charge is -2.17. The minimum Gasteiger partial charge on any atom is -0.480 e. The Hall–Kier alpha value is -1.30. The number of carboxylic acid groups (broad SMARTS) is 1. The van der Waals surface area contributed by atoms with Crippen LogP contribution in [-0.4, -0.2) is 35.9 Å². The van der Waals surface area contributed by atoms with E-state index in [1.807, 2.05) is 0 Å². The fourth-order valence-corrected chi connectivity index (χ4v) is 2.01. The first-order chi connectivity index (χ1) is 10.0. The standard InChI is InChI=1S/C15H30N2O4/c1-3-5-9-12(8-4-2)21-15(20)17-11-7-6-10-13(16)14(18)19/h12-13H,3-11,16H2,1-2H3,(H,17,20)(H,18,19)/t12?,13-/m0/s1. The molecule has 0 aromatic carbocycles. The highest BCUT2D eigenvalue weighted by Crippen LogP contribution is 2.11. The first-order valence-electron chi connectivity index (χ1n) is 7.94. The molecular weight excluding hydrogens is 272 g/mol. The second-order valence-corrected chi connectivity index (χ2v) is 5.33. The molecule has 0 spiro atoms. The number of unbranched alkanes of at least 4 members (excludes halogenated alkanes) is 2. The Labute approximate surface area is 127 Å². The molecule has 124 valence electrons. The van der Waals surface area contributed by atoms with Gasteiger partial charge in [-0.2, -0.15) is 0 Å². The summed E-state index contributed by atoms with van der Waals surface area (Å²) in [4.78, 5) is 22.2. The van der Waals surface area contributed by atoms with Crippen molar-refractivity contribution in [2.45, 2.75) is 77.4 Å². The Morgan fingerprint density at radius 1 is 1.10 bits per heavy atom. The molecule has 2 atom stereocenters. The molecule has 6 heteroatoms. The largest absolute Gasteiger partial charge is 0.480 e. The van der Waals surface area contributed by atoms with Crippen molar-refractivity contribution in [1.82, 2.24) is 5.32 Å². The van der Waals surface area contributed by atoms with Crippen LogP contribution in [0.15, 0.2) is 0 Å². The Balaban J connectivity index is 3.74. The van der Waals surface area contributed by atoms with Crippen molar-refractivity contribution >= 4 is 12.1 Å². The summed E-state index contributed by atoms with van der Waals surface area (Å²) >= 11 is 0. The van der Waals surface area contributed by atoms with Gasteiger partial charge in [0.15, 0.2) is 0 Å². The highest BCUT2D eigenvalue weighted by atomic mass is 16.6. The van der Waals surface area contributed by atoms with Crippen LogP contribution >= 0.6 is 0 Å². The van der Waals surface area contributed by atoms with Crippen molar-refractivity contribution < 1.29 is 19.4 Å². The van der Waals surface area contributed by atoms with E-state index in [0.717, 1.165) is 32.1 Å². The number of alkyl carbamates (subject to hydrolysis) is 1. The lowest BCUT2D eigenvalue weighted by atomic mass is 10.1. The van der Waals surface area contributed by atoms with E-state index < -0.39 is 12.0 Å². The quantitative estimate of drug-likeness (QED) is 0.481. The molecule has 0 saturated heterocycles. The molecule has 0 aliphatic heterocycles. The molecule has 0 aliphatic rings. The zero-order valence-corrected chi connectivity index (χ0v) is 13.3.